The van der Waals surface area contributed by atoms with Gasteiger partial charge < -0.3 is 15.2 Å². The summed E-state index contributed by atoms with van der Waals surface area (Å²) in [6, 6.07) is 8.18. The summed E-state index contributed by atoms with van der Waals surface area (Å²) in [5.74, 6) is 0.765. The molecule has 0 radical (unpaired) electrons. The summed E-state index contributed by atoms with van der Waals surface area (Å²) in [7, 11) is 0. The van der Waals surface area contributed by atoms with Crippen LogP contribution in [0.15, 0.2) is 42.7 Å². The maximum absolute atomic E-state index is 11.8. The number of rotatable bonds is 5. The molecule has 0 spiro atoms. The van der Waals surface area contributed by atoms with Crippen LogP contribution in [0, 0.1) is 0 Å². The fourth-order valence-electron chi connectivity index (χ4n) is 1.60. The summed E-state index contributed by atoms with van der Waals surface area (Å²) in [5.41, 5.74) is 0.405. The van der Waals surface area contributed by atoms with Crippen molar-refractivity contribution in [2.45, 2.75) is 13.0 Å². The van der Waals surface area contributed by atoms with Gasteiger partial charge in [0.2, 0.25) is 0 Å². The zero-order chi connectivity index (χ0) is 15.2. The zero-order valence-electron chi connectivity index (χ0n) is 11.4. The van der Waals surface area contributed by atoms with Crippen molar-refractivity contribution in [2.75, 3.05) is 6.54 Å². The van der Waals surface area contributed by atoms with Crippen LogP contribution in [0.1, 0.15) is 17.3 Å². The molecule has 6 heteroatoms. The minimum atomic E-state index is -0.598. The molecule has 2 aromatic rings. The number of ether oxygens (including phenoxy) is 1. The number of hydrogen-bond acceptors (Lipinski definition) is 4. The van der Waals surface area contributed by atoms with E-state index >= 15 is 0 Å². The van der Waals surface area contributed by atoms with Gasteiger partial charge in [-0.05, 0) is 37.3 Å². The summed E-state index contributed by atoms with van der Waals surface area (Å²) in [5, 5.41) is 12.1. The molecular weight excluding hydrogens is 292 g/mol. The van der Waals surface area contributed by atoms with Crippen molar-refractivity contribution in [3.8, 4) is 11.5 Å². The maximum Gasteiger partial charge on any atom is 0.251 e. The molecule has 0 saturated heterocycles. The van der Waals surface area contributed by atoms with Crippen molar-refractivity contribution >= 4 is 17.5 Å². The first kappa shape index (κ1) is 15.3. The third-order valence-electron chi connectivity index (χ3n) is 2.63. The van der Waals surface area contributed by atoms with E-state index in [9.17, 15) is 4.79 Å². The van der Waals surface area contributed by atoms with Crippen molar-refractivity contribution in [3.05, 3.63) is 53.3 Å². The van der Waals surface area contributed by atoms with Gasteiger partial charge in [-0.3, -0.25) is 9.78 Å². The first-order valence-electron chi connectivity index (χ1n) is 6.40. The Morgan fingerprint density at radius 1 is 1.38 bits per heavy atom. The maximum atomic E-state index is 11.8. The monoisotopic (exact) mass is 306 g/mol. The van der Waals surface area contributed by atoms with E-state index in [-0.39, 0.29) is 12.5 Å². The fraction of sp³-hybridized carbons (Fsp3) is 0.200. The molecule has 1 heterocycles. The van der Waals surface area contributed by atoms with Crippen molar-refractivity contribution in [1.82, 2.24) is 10.3 Å². The number of carbonyl (C=O) groups is 1. The molecule has 21 heavy (non-hydrogen) atoms. The number of aliphatic hydroxyl groups excluding tert-OH is 1. The van der Waals surface area contributed by atoms with E-state index in [2.05, 4.69) is 10.3 Å². The highest BCUT2D eigenvalue weighted by Crippen LogP contribution is 2.29. The van der Waals surface area contributed by atoms with E-state index in [0.29, 0.717) is 22.1 Å². The van der Waals surface area contributed by atoms with Crippen molar-refractivity contribution in [3.63, 3.8) is 0 Å². The Kier molecular flexibility index (Phi) is 5.14. The Labute approximate surface area is 127 Å². The van der Waals surface area contributed by atoms with Crippen LogP contribution in [0.5, 0.6) is 11.5 Å². The third-order valence-corrected chi connectivity index (χ3v) is 2.93. The molecular formula is C15H15ClN2O3. The van der Waals surface area contributed by atoms with E-state index in [1.165, 1.54) is 6.07 Å². The predicted octanol–water partition coefficient (Wildman–Crippen LogP) is 2.64. The molecule has 0 saturated carbocycles. The van der Waals surface area contributed by atoms with Gasteiger partial charge in [0.15, 0.2) is 0 Å². The van der Waals surface area contributed by atoms with Crippen LogP contribution in [0.4, 0.5) is 0 Å². The fourth-order valence-corrected chi connectivity index (χ4v) is 1.82. The second-order valence-electron chi connectivity index (χ2n) is 4.49. The van der Waals surface area contributed by atoms with Crippen LogP contribution in [-0.2, 0) is 0 Å². The number of hydrogen-bond donors (Lipinski definition) is 2. The predicted molar refractivity (Wildman–Crippen MR) is 79.8 cm³/mol. The highest BCUT2D eigenvalue weighted by molar-refractivity contribution is 6.32. The molecule has 0 aliphatic carbocycles. The Morgan fingerprint density at radius 3 is 2.71 bits per heavy atom. The van der Waals surface area contributed by atoms with Crippen LogP contribution >= 0.6 is 11.6 Å². The lowest BCUT2D eigenvalue weighted by Crippen LogP contribution is -2.30. The van der Waals surface area contributed by atoms with E-state index in [4.69, 9.17) is 21.4 Å². The van der Waals surface area contributed by atoms with Gasteiger partial charge in [0.05, 0.1) is 11.1 Å². The Bertz CT molecular complexity index is 618. The average molecular weight is 307 g/mol. The lowest BCUT2D eigenvalue weighted by Gasteiger charge is -2.10. The van der Waals surface area contributed by atoms with Crippen molar-refractivity contribution in [2.24, 2.45) is 0 Å². The number of halogens is 1. The van der Waals surface area contributed by atoms with Crippen LogP contribution in [0.3, 0.4) is 0 Å². The smallest absolute Gasteiger partial charge is 0.251 e. The lowest BCUT2D eigenvalue weighted by molar-refractivity contribution is 0.0924. The number of aromatic nitrogens is 1. The second kappa shape index (κ2) is 7.06. The second-order valence-corrected chi connectivity index (χ2v) is 4.90. The van der Waals surface area contributed by atoms with Crippen molar-refractivity contribution < 1.29 is 14.6 Å². The van der Waals surface area contributed by atoms with Crippen LogP contribution in [0.25, 0.3) is 0 Å². The molecule has 1 amide bonds. The highest BCUT2D eigenvalue weighted by atomic mass is 35.5. The number of pyridine rings is 1. The molecule has 110 valence electrons. The molecule has 5 nitrogen and oxygen atoms in total. The molecule has 0 fully saturated rings. The largest absolute Gasteiger partial charge is 0.456 e. The number of amides is 1. The standard InChI is InChI=1S/C15H15ClN2O3/c1-10(19)9-18-15(20)11-2-3-14(13(16)8-11)21-12-4-6-17-7-5-12/h2-8,10,19H,9H2,1H3,(H,18,20). The molecule has 1 aromatic carbocycles. The Hall–Kier alpha value is -2.11. The normalized spacial score (nSPS) is 11.8. The summed E-state index contributed by atoms with van der Waals surface area (Å²) in [4.78, 5) is 15.7. The Morgan fingerprint density at radius 2 is 2.10 bits per heavy atom. The SMILES string of the molecule is CC(O)CNC(=O)c1ccc(Oc2ccncc2)c(Cl)c1. The van der Waals surface area contributed by atoms with E-state index < -0.39 is 6.10 Å². The quantitative estimate of drug-likeness (QED) is 0.891. The number of nitrogens with one attached hydrogen (secondary N) is 1. The highest BCUT2D eigenvalue weighted by Gasteiger charge is 2.10. The molecule has 1 unspecified atom stereocenters. The molecule has 0 aliphatic heterocycles. The lowest BCUT2D eigenvalue weighted by atomic mass is 10.2. The molecule has 1 atom stereocenters. The van der Waals surface area contributed by atoms with Crippen LogP contribution in [0.2, 0.25) is 5.02 Å². The summed E-state index contributed by atoms with van der Waals surface area (Å²) >= 11 is 6.12. The molecule has 1 aromatic heterocycles. The first-order valence-corrected chi connectivity index (χ1v) is 6.78. The minimum Gasteiger partial charge on any atom is -0.456 e. The molecule has 2 rings (SSSR count). The van der Waals surface area contributed by atoms with Gasteiger partial charge in [-0.15, -0.1) is 0 Å². The van der Waals surface area contributed by atoms with E-state index in [1.54, 1.807) is 43.6 Å². The zero-order valence-corrected chi connectivity index (χ0v) is 12.2. The van der Waals surface area contributed by atoms with E-state index in [0.717, 1.165) is 0 Å². The van der Waals surface area contributed by atoms with Crippen LogP contribution < -0.4 is 10.1 Å². The average Bonchev–Trinajstić information content (AvgIpc) is 2.48. The van der Waals surface area contributed by atoms with Gasteiger partial charge in [-0.1, -0.05) is 11.6 Å². The van der Waals surface area contributed by atoms with Crippen molar-refractivity contribution in [1.29, 1.82) is 0 Å². The summed E-state index contributed by atoms with van der Waals surface area (Å²) in [6.45, 7) is 1.78. The van der Waals surface area contributed by atoms with Gasteiger partial charge in [0, 0.05) is 24.5 Å². The summed E-state index contributed by atoms with van der Waals surface area (Å²) < 4.78 is 5.60. The van der Waals surface area contributed by atoms with E-state index in [1.807, 2.05) is 0 Å². The van der Waals surface area contributed by atoms with Gasteiger partial charge in [0.1, 0.15) is 11.5 Å². The Balaban J connectivity index is 2.08. The van der Waals surface area contributed by atoms with Crippen LogP contribution in [-0.4, -0.2) is 28.6 Å². The summed E-state index contributed by atoms with van der Waals surface area (Å²) in [6.07, 6.45) is 2.63. The minimum absolute atomic E-state index is 0.186. The number of benzene rings is 1. The number of nitrogens with zero attached hydrogens (tertiary/aromatic N) is 1. The third kappa shape index (κ3) is 4.44. The first-order chi connectivity index (χ1) is 10.1. The number of aliphatic hydroxyl groups is 1. The molecule has 0 aliphatic rings. The van der Waals surface area contributed by atoms with Gasteiger partial charge in [-0.25, -0.2) is 0 Å². The number of carbonyl (C=O) groups excluding carboxylic acids is 1. The van der Waals surface area contributed by atoms with Gasteiger partial charge in [0.25, 0.3) is 5.91 Å². The van der Waals surface area contributed by atoms with Gasteiger partial charge in [-0.2, -0.15) is 0 Å². The topological polar surface area (TPSA) is 71.5 Å². The van der Waals surface area contributed by atoms with Gasteiger partial charge >= 0.3 is 0 Å². The molecule has 0 bridgehead atoms. The molecule has 2 N–H and O–H groups in total.